The lowest BCUT2D eigenvalue weighted by Crippen LogP contribution is -2.37. The van der Waals surface area contributed by atoms with E-state index >= 15 is 0 Å². The van der Waals surface area contributed by atoms with Crippen molar-refractivity contribution in [2.24, 2.45) is 11.7 Å². The molecule has 0 fully saturated rings. The van der Waals surface area contributed by atoms with Crippen LogP contribution in [-0.2, 0) is 17.8 Å². The minimum absolute atomic E-state index is 0.0488. The maximum absolute atomic E-state index is 12.4. The second-order valence-electron chi connectivity index (χ2n) is 4.90. The second kappa shape index (κ2) is 6.91. The van der Waals surface area contributed by atoms with Gasteiger partial charge in [-0.05, 0) is 24.1 Å². The predicted molar refractivity (Wildman–Crippen MR) is 77.9 cm³/mol. The van der Waals surface area contributed by atoms with Gasteiger partial charge in [-0.3, -0.25) is 4.79 Å². The Morgan fingerprint density at radius 3 is 2.60 bits per heavy atom. The molecule has 0 aliphatic heterocycles. The van der Waals surface area contributed by atoms with Crippen molar-refractivity contribution >= 4 is 5.91 Å². The van der Waals surface area contributed by atoms with Crippen molar-refractivity contribution in [1.29, 1.82) is 0 Å². The van der Waals surface area contributed by atoms with Crippen LogP contribution in [0.2, 0.25) is 0 Å². The van der Waals surface area contributed by atoms with Gasteiger partial charge >= 0.3 is 0 Å². The van der Waals surface area contributed by atoms with Crippen LogP contribution >= 0.6 is 0 Å². The maximum Gasteiger partial charge on any atom is 0.227 e. The van der Waals surface area contributed by atoms with E-state index in [4.69, 9.17) is 10.2 Å². The maximum atomic E-state index is 12.4. The predicted octanol–water partition coefficient (Wildman–Crippen LogP) is 2.06. The number of nitrogens with zero attached hydrogens (tertiary/aromatic N) is 1. The second-order valence-corrected chi connectivity index (χ2v) is 4.90. The molecular weight excluding hydrogens is 252 g/mol. The molecule has 2 rings (SSSR count). The van der Waals surface area contributed by atoms with E-state index in [0.717, 1.165) is 11.3 Å². The zero-order valence-corrected chi connectivity index (χ0v) is 11.7. The fourth-order valence-electron chi connectivity index (χ4n) is 2.20. The van der Waals surface area contributed by atoms with Crippen molar-refractivity contribution in [2.45, 2.75) is 13.0 Å². The standard InChI is InChI=1S/C16H20N2O2/c1-18(12-15-8-5-9-20-15)16(19)14(11-17)10-13-6-3-2-4-7-13/h2-9,14H,10-12,17H2,1H3. The molecule has 0 saturated heterocycles. The van der Waals surface area contributed by atoms with Gasteiger partial charge in [-0.2, -0.15) is 0 Å². The van der Waals surface area contributed by atoms with Gasteiger partial charge in [-0.15, -0.1) is 0 Å². The Morgan fingerprint density at radius 1 is 1.25 bits per heavy atom. The molecular formula is C16H20N2O2. The SMILES string of the molecule is CN(Cc1ccco1)C(=O)C(CN)Cc1ccccc1. The number of hydrogen-bond donors (Lipinski definition) is 1. The average Bonchev–Trinajstić information content (AvgIpc) is 2.98. The van der Waals surface area contributed by atoms with Gasteiger partial charge in [0.25, 0.3) is 0 Å². The molecule has 2 aromatic rings. The van der Waals surface area contributed by atoms with E-state index < -0.39 is 0 Å². The number of hydrogen-bond acceptors (Lipinski definition) is 3. The normalized spacial score (nSPS) is 12.1. The molecule has 0 spiro atoms. The van der Waals surface area contributed by atoms with Crippen LogP contribution in [0.15, 0.2) is 53.1 Å². The van der Waals surface area contributed by atoms with Gasteiger partial charge in [0.2, 0.25) is 5.91 Å². The Kier molecular flexibility index (Phi) is 4.96. The molecule has 0 saturated carbocycles. The van der Waals surface area contributed by atoms with Crippen LogP contribution in [0, 0.1) is 5.92 Å². The van der Waals surface area contributed by atoms with Crippen LogP contribution < -0.4 is 5.73 Å². The van der Waals surface area contributed by atoms with Gasteiger partial charge in [-0.25, -0.2) is 0 Å². The third-order valence-electron chi connectivity index (χ3n) is 3.31. The first-order valence-electron chi connectivity index (χ1n) is 6.72. The molecule has 1 amide bonds. The lowest BCUT2D eigenvalue weighted by molar-refractivity contribution is -0.134. The fourth-order valence-corrected chi connectivity index (χ4v) is 2.20. The summed E-state index contributed by atoms with van der Waals surface area (Å²) in [4.78, 5) is 14.1. The number of carbonyl (C=O) groups excluding carboxylic acids is 1. The van der Waals surface area contributed by atoms with Crippen molar-refractivity contribution in [1.82, 2.24) is 4.90 Å². The van der Waals surface area contributed by atoms with Crippen molar-refractivity contribution in [3.63, 3.8) is 0 Å². The topological polar surface area (TPSA) is 59.5 Å². The summed E-state index contributed by atoms with van der Waals surface area (Å²) in [5, 5.41) is 0. The summed E-state index contributed by atoms with van der Waals surface area (Å²) >= 11 is 0. The summed E-state index contributed by atoms with van der Waals surface area (Å²) in [5.41, 5.74) is 6.89. The third-order valence-corrected chi connectivity index (χ3v) is 3.31. The van der Waals surface area contributed by atoms with E-state index in [1.807, 2.05) is 42.5 Å². The monoisotopic (exact) mass is 272 g/mol. The molecule has 0 radical (unpaired) electrons. The Bertz CT molecular complexity index is 523. The first kappa shape index (κ1) is 14.3. The summed E-state index contributed by atoms with van der Waals surface area (Å²) in [6.07, 6.45) is 2.27. The lowest BCUT2D eigenvalue weighted by Gasteiger charge is -2.22. The Hall–Kier alpha value is -2.07. The number of furan rings is 1. The third kappa shape index (κ3) is 3.71. The summed E-state index contributed by atoms with van der Waals surface area (Å²) < 4.78 is 5.26. The molecule has 1 heterocycles. The van der Waals surface area contributed by atoms with Crippen LogP contribution in [0.5, 0.6) is 0 Å². The zero-order chi connectivity index (χ0) is 14.4. The number of nitrogens with two attached hydrogens (primary N) is 1. The van der Waals surface area contributed by atoms with Gasteiger partial charge in [0.1, 0.15) is 5.76 Å². The van der Waals surface area contributed by atoms with Crippen molar-refractivity contribution in [2.75, 3.05) is 13.6 Å². The van der Waals surface area contributed by atoms with E-state index in [0.29, 0.717) is 19.5 Å². The molecule has 1 aromatic heterocycles. The highest BCUT2D eigenvalue weighted by Crippen LogP contribution is 2.12. The number of rotatable bonds is 6. The summed E-state index contributed by atoms with van der Waals surface area (Å²) in [6.45, 7) is 0.813. The molecule has 4 nitrogen and oxygen atoms in total. The molecule has 0 bridgehead atoms. The Labute approximate surface area is 119 Å². The van der Waals surface area contributed by atoms with Gasteiger partial charge in [0.15, 0.2) is 0 Å². The highest BCUT2D eigenvalue weighted by molar-refractivity contribution is 5.79. The minimum Gasteiger partial charge on any atom is -0.467 e. The molecule has 0 aliphatic rings. The molecule has 1 aromatic carbocycles. The van der Waals surface area contributed by atoms with Crippen LogP contribution in [-0.4, -0.2) is 24.4 Å². The van der Waals surface area contributed by atoms with Crippen molar-refractivity contribution in [3.05, 3.63) is 60.1 Å². The summed E-state index contributed by atoms with van der Waals surface area (Å²) in [5.74, 6) is 0.626. The molecule has 20 heavy (non-hydrogen) atoms. The smallest absolute Gasteiger partial charge is 0.227 e. The van der Waals surface area contributed by atoms with E-state index in [2.05, 4.69) is 0 Å². The first-order valence-corrected chi connectivity index (χ1v) is 6.72. The summed E-state index contributed by atoms with van der Waals surface area (Å²) in [6, 6.07) is 13.6. The van der Waals surface area contributed by atoms with Gasteiger partial charge in [0, 0.05) is 13.6 Å². The van der Waals surface area contributed by atoms with E-state index in [9.17, 15) is 4.79 Å². The van der Waals surface area contributed by atoms with Crippen molar-refractivity contribution in [3.8, 4) is 0 Å². The van der Waals surface area contributed by atoms with Gasteiger partial charge in [-0.1, -0.05) is 30.3 Å². The quantitative estimate of drug-likeness (QED) is 0.875. The van der Waals surface area contributed by atoms with E-state index in [-0.39, 0.29) is 11.8 Å². The Morgan fingerprint density at radius 2 is 2.00 bits per heavy atom. The van der Waals surface area contributed by atoms with Crippen molar-refractivity contribution < 1.29 is 9.21 Å². The first-order chi connectivity index (χ1) is 9.70. The molecule has 1 atom stereocenters. The highest BCUT2D eigenvalue weighted by Gasteiger charge is 2.21. The van der Waals surface area contributed by atoms with Crippen LogP contribution in [0.4, 0.5) is 0 Å². The van der Waals surface area contributed by atoms with Crippen LogP contribution in [0.1, 0.15) is 11.3 Å². The number of benzene rings is 1. The summed E-state index contributed by atoms with van der Waals surface area (Å²) in [7, 11) is 1.78. The molecule has 0 aliphatic carbocycles. The van der Waals surface area contributed by atoms with Crippen LogP contribution in [0.25, 0.3) is 0 Å². The molecule has 1 unspecified atom stereocenters. The van der Waals surface area contributed by atoms with E-state index in [1.54, 1.807) is 18.2 Å². The van der Waals surface area contributed by atoms with Gasteiger partial charge < -0.3 is 15.1 Å². The molecule has 4 heteroatoms. The zero-order valence-electron chi connectivity index (χ0n) is 11.7. The molecule has 106 valence electrons. The number of amides is 1. The Balaban J connectivity index is 1.97. The van der Waals surface area contributed by atoms with Gasteiger partial charge in [0.05, 0.1) is 18.7 Å². The lowest BCUT2D eigenvalue weighted by atomic mass is 9.98. The average molecular weight is 272 g/mol. The van der Waals surface area contributed by atoms with E-state index in [1.165, 1.54) is 0 Å². The minimum atomic E-state index is -0.197. The van der Waals surface area contributed by atoms with Crippen LogP contribution in [0.3, 0.4) is 0 Å². The largest absolute Gasteiger partial charge is 0.467 e. The molecule has 2 N–H and O–H groups in total. The fraction of sp³-hybridized carbons (Fsp3) is 0.312. The number of carbonyl (C=O) groups is 1. The highest BCUT2D eigenvalue weighted by atomic mass is 16.3.